The van der Waals surface area contributed by atoms with Crippen LogP contribution in [0.2, 0.25) is 0 Å². The maximum absolute atomic E-state index is 6.15. The Morgan fingerprint density at radius 2 is 1.75 bits per heavy atom. The fourth-order valence-electron chi connectivity index (χ4n) is 5.35. The molecule has 0 amide bonds. The first-order valence-corrected chi connectivity index (χ1v) is 9.84. The molecule has 1 aromatic heterocycles. The second kappa shape index (κ2) is 6.51. The van der Waals surface area contributed by atoms with Gasteiger partial charge in [-0.05, 0) is 63.8 Å². The summed E-state index contributed by atoms with van der Waals surface area (Å²) in [6.45, 7) is 2.98. The second-order valence-corrected chi connectivity index (χ2v) is 8.08. The van der Waals surface area contributed by atoms with Crippen LogP contribution in [0.15, 0.2) is 0 Å². The highest BCUT2D eigenvalue weighted by Crippen LogP contribution is 2.49. The smallest absolute Gasteiger partial charge is 0.222 e. The van der Waals surface area contributed by atoms with Gasteiger partial charge in [-0.15, -0.1) is 0 Å². The van der Waals surface area contributed by atoms with Crippen molar-refractivity contribution in [3.8, 4) is 0 Å². The highest BCUT2D eigenvalue weighted by Gasteiger charge is 2.42. The maximum Gasteiger partial charge on any atom is 0.222 e. The van der Waals surface area contributed by atoms with Gasteiger partial charge < -0.3 is 16.4 Å². The number of rotatable bonds is 3. The molecule has 0 atom stereocenters. The van der Waals surface area contributed by atoms with Crippen LogP contribution in [0.1, 0.15) is 69.0 Å². The van der Waals surface area contributed by atoms with E-state index in [2.05, 4.69) is 4.90 Å². The van der Waals surface area contributed by atoms with Crippen molar-refractivity contribution in [1.82, 2.24) is 9.97 Å². The zero-order chi connectivity index (χ0) is 16.6. The van der Waals surface area contributed by atoms with Crippen molar-refractivity contribution in [1.29, 1.82) is 0 Å². The third kappa shape index (κ3) is 2.77. The van der Waals surface area contributed by atoms with Crippen LogP contribution in [-0.4, -0.2) is 29.6 Å². The van der Waals surface area contributed by atoms with Gasteiger partial charge in [0.25, 0.3) is 0 Å². The molecule has 0 bridgehead atoms. The van der Waals surface area contributed by atoms with Crippen molar-refractivity contribution in [2.24, 2.45) is 11.7 Å². The van der Waals surface area contributed by atoms with Gasteiger partial charge in [-0.2, -0.15) is 4.98 Å². The van der Waals surface area contributed by atoms with Crippen LogP contribution in [0.3, 0.4) is 0 Å². The van der Waals surface area contributed by atoms with Crippen molar-refractivity contribution in [3.63, 3.8) is 0 Å². The van der Waals surface area contributed by atoms with Crippen molar-refractivity contribution >= 4 is 11.8 Å². The molecule has 0 unspecified atom stereocenters. The van der Waals surface area contributed by atoms with E-state index in [1.165, 1.54) is 62.6 Å². The monoisotopic (exact) mass is 329 g/mol. The standard InChI is InChI=1S/C19H31N5/c20-11-5-14-6-12-24(13-7-14)17-15-4-3-10-19(8-1-2-9-19)16(15)22-18(21)23-17/h14H,1-13,20H2,(H2,21,22,23). The fraction of sp³-hybridized carbons (Fsp3) is 0.789. The van der Waals surface area contributed by atoms with E-state index in [0.29, 0.717) is 11.4 Å². The molecular weight excluding hydrogens is 298 g/mol. The first-order valence-electron chi connectivity index (χ1n) is 9.84. The molecule has 132 valence electrons. The summed E-state index contributed by atoms with van der Waals surface area (Å²) in [5, 5.41) is 0. The number of anilines is 2. The van der Waals surface area contributed by atoms with Gasteiger partial charge in [-0.1, -0.05) is 12.8 Å². The van der Waals surface area contributed by atoms with E-state index in [1.54, 1.807) is 0 Å². The minimum atomic E-state index is 0.303. The lowest BCUT2D eigenvalue weighted by Gasteiger charge is -2.39. The molecule has 1 saturated carbocycles. The average molecular weight is 329 g/mol. The van der Waals surface area contributed by atoms with Gasteiger partial charge >= 0.3 is 0 Å². The number of aromatic nitrogens is 2. The van der Waals surface area contributed by atoms with Gasteiger partial charge in [-0.25, -0.2) is 4.98 Å². The largest absolute Gasteiger partial charge is 0.368 e. The summed E-state index contributed by atoms with van der Waals surface area (Å²) >= 11 is 0. The lowest BCUT2D eigenvalue weighted by Crippen LogP contribution is -2.38. The lowest BCUT2D eigenvalue weighted by molar-refractivity contribution is 0.354. The molecule has 5 nitrogen and oxygen atoms in total. The number of nitrogens with zero attached hydrogens (tertiary/aromatic N) is 3. The third-order valence-corrected chi connectivity index (χ3v) is 6.64. The van der Waals surface area contributed by atoms with E-state index in [4.69, 9.17) is 21.4 Å². The van der Waals surface area contributed by atoms with E-state index < -0.39 is 0 Å². The summed E-state index contributed by atoms with van der Waals surface area (Å²) in [5.41, 5.74) is 14.9. The van der Waals surface area contributed by atoms with Gasteiger partial charge in [0.05, 0.1) is 5.69 Å². The summed E-state index contributed by atoms with van der Waals surface area (Å²) in [4.78, 5) is 11.9. The minimum Gasteiger partial charge on any atom is -0.368 e. The lowest BCUT2D eigenvalue weighted by atomic mass is 9.71. The fourth-order valence-corrected chi connectivity index (χ4v) is 5.35. The summed E-state index contributed by atoms with van der Waals surface area (Å²) in [6.07, 6.45) is 12.5. The Morgan fingerprint density at radius 1 is 1.04 bits per heavy atom. The van der Waals surface area contributed by atoms with Crippen LogP contribution < -0.4 is 16.4 Å². The Morgan fingerprint density at radius 3 is 2.46 bits per heavy atom. The van der Waals surface area contributed by atoms with Crippen LogP contribution in [-0.2, 0) is 11.8 Å². The van der Waals surface area contributed by atoms with E-state index in [9.17, 15) is 0 Å². The molecule has 0 radical (unpaired) electrons. The minimum absolute atomic E-state index is 0.303. The molecule has 5 heteroatoms. The molecule has 1 spiro atoms. The molecule has 1 aromatic rings. The zero-order valence-electron chi connectivity index (χ0n) is 14.8. The number of nitrogen functional groups attached to an aromatic ring is 1. The molecule has 1 aliphatic heterocycles. The summed E-state index contributed by atoms with van der Waals surface area (Å²) in [6, 6.07) is 0. The highest BCUT2D eigenvalue weighted by atomic mass is 15.2. The zero-order valence-corrected chi connectivity index (χ0v) is 14.8. The van der Waals surface area contributed by atoms with Crippen LogP contribution in [0.4, 0.5) is 11.8 Å². The van der Waals surface area contributed by atoms with Gasteiger partial charge in [0.1, 0.15) is 5.82 Å². The molecule has 0 aromatic carbocycles. The number of hydrogen-bond acceptors (Lipinski definition) is 5. The Kier molecular flexibility index (Phi) is 4.37. The molecular formula is C19H31N5. The Labute approximate surface area is 145 Å². The van der Waals surface area contributed by atoms with Gasteiger partial charge in [0, 0.05) is 24.1 Å². The average Bonchev–Trinajstić information content (AvgIpc) is 3.06. The molecule has 1 saturated heterocycles. The van der Waals surface area contributed by atoms with E-state index in [-0.39, 0.29) is 0 Å². The normalized spacial score (nSPS) is 23.6. The molecule has 3 aliphatic rings. The summed E-state index contributed by atoms with van der Waals surface area (Å²) in [7, 11) is 0. The Bertz CT molecular complexity index is 586. The predicted molar refractivity (Wildman–Crippen MR) is 98.1 cm³/mol. The van der Waals surface area contributed by atoms with E-state index in [1.807, 2.05) is 0 Å². The molecule has 2 fully saturated rings. The molecule has 4 rings (SSSR count). The summed E-state index contributed by atoms with van der Waals surface area (Å²) < 4.78 is 0. The van der Waals surface area contributed by atoms with Gasteiger partial charge in [0.15, 0.2) is 0 Å². The molecule has 2 aliphatic carbocycles. The van der Waals surface area contributed by atoms with Crippen molar-refractivity contribution < 1.29 is 0 Å². The van der Waals surface area contributed by atoms with E-state index in [0.717, 1.165) is 44.2 Å². The first-order chi connectivity index (χ1) is 11.7. The van der Waals surface area contributed by atoms with Crippen LogP contribution >= 0.6 is 0 Å². The second-order valence-electron chi connectivity index (χ2n) is 8.08. The maximum atomic E-state index is 6.15. The molecule has 2 heterocycles. The quantitative estimate of drug-likeness (QED) is 0.891. The third-order valence-electron chi connectivity index (χ3n) is 6.64. The Hall–Kier alpha value is -1.36. The first kappa shape index (κ1) is 16.1. The van der Waals surface area contributed by atoms with Crippen molar-refractivity contribution in [2.45, 2.75) is 69.6 Å². The van der Waals surface area contributed by atoms with Crippen molar-refractivity contribution in [2.75, 3.05) is 30.3 Å². The number of piperidine rings is 1. The number of nitrogens with two attached hydrogens (primary N) is 2. The number of hydrogen-bond donors (Lipinski definition) is 2. The SMILES string of the molecule is NCCC1CCN(c2nc(N)nc3c2CCCC32CCCC2)CC1. The van der Waals surface area contributed by atoms with E-state index >= 15 is 0 Å². The Balaban J connectivity index is 1.64. The predicted octanol–water partition coefficient (Wildman–Crippen LogP) is 2.77. The van der Waals surface area contributed by atoms with Crippen LogP contribution in [0.25, 0.3) is 0 Å². The van der Waals surface area contributed by atoms with Crippen molar-refractivity contribution in [3.05, 3.63) is 11.3 Å². The number of fused-ring (bicyclic) bond motifs is 2. The molecule has 24 heavy (non-hydrogen) atoms. The molecule has 4 N–H and O–H groups in total. The van der Waals surface area contributed by atoms with Crippen LogP contribution in [0.5, 0.6) is 0 Å². The van der Waals surface area contributed by atoms with Gasteiger partial charge in [-0.3, -0.25) is 0 Å². The highest BCUT2D eigenvalue weighted by molar-refractivity contribution is 5.55. The topological polar surface area (TPSA) is 81.1 Å². The van der Waals surface area contributed by atoms with Crippen LogP contribution in [0, 0.1) is 5.92 Å². The summed E-state index contributed by atoms with van der Waals surface area (Å²) in [5.74, 6) is 2.40. The van der Waals surface area contributed by atoms with Gasteiger partial charge in [0.2, 0.25) is 5.95 Å².